The van der Waals surface area contributed by atoms with E-state index in [1.165, 1.54) is 35.6 Å². The molecule has 1 N–H and O–H groups in total. The van der Waals surface area contributed by atoms with E-state index >= 15 is 0 Å². The molecule has 0 saturated heterocycles. The lowest BCUT2D eigenvalue weighted by atomic mass is 10.1. The summed E-state index contributed by atoms with van der Waals surface area (Å²) in [7, 11) is 0. The molecule has 0 unspecified atom stereocenters. The third kappa shape index (κ3) is 2.62. The molecule has 0 amide bonds. The summed E-state index contributed by atoms with van der Waals surface area (Å²) in [4.78, 5) is 17.6. The van der Waals surface area contributed by atoms with Gasteiger partial charge in [-0.15, -0.1) is 11.3 Å². The molecule has 6 heteroatoms. The van der Waals surface area contributed by atoms with Crippen LogP contribution in [0.25, 0.3) is 31.1 Å². The highest BCUT2D eigenvalue weighted by Gasteiger charge is 2.15. The van der Waals surface area contributed by atoms with Crippen LogP contribution in [0.4, 0.5) is 14.6 Å². The number of rotatable bonds is 3. The summed E-state index contributed by atoms with van der Waals surface area (Å²) in [6.45, 7) is 2.74. The zero-order valence-corrected chi connectivity index (χ0v) is 14.2. The fourth-order valence-electron chi connectivity index (χ4n) is 2.92. The predicted octanol–water partition coefficient (Wildman–Crippen LogP) is 5.06. The van der Waals surface area contributed by atoms with Gasteiger partial charge in [-0.1, -0.05) is 6.92 Å². The summed E-state index contributed by atoms with van der Waals surface area (Å²) in [5.41, 5.74) is 0.230. The highest BCUT2D eigenvalue weighted by Crippen LogP contribution is 2.34. The maximum absolute atomic E-state index is 13.8. The molecule has 25 heavy (non-hydrogen) atoms. The standard InChI is InChI=1S/C19H14F2N2OS/c1-2-7-22-19-18-16(12-8-10(20)3-5-14(12)23-19)17(24)13-9-11(21)4-6-15(13)25-18/h3-6,8-9H,2,7H2,1H3,(H,22,23). The molecular formula is C19H14F2N2OS. The van der Waals surface area contributed by atoms with Gasteiger partial charge in [-0.3, -0.25) is 4.79 Å². The van der Waals surface area contributed by atoms with E-state index in [0.29, 0.717) is 43.4 Å². The van der Waals surface area contributed by atoms with E-state index in [0.717, 1.165) is 6.42 Å². The smallest absolute Gasteiger partial charge is 0.196 e. The minimum absolute atomic E-state index is 0.302. The molecule has 2 aromatic carbocycles. The average Bonchev–Trinajstić information content (AvgIpc) is 2.60. The lowest BCUT2D eigenvalue weighted by Crippen LogP contribution is -2.07. The van der Waals surface area contributed by atoms with Crippen LogP contribution < -0.4 is 10.7 Å². The number of pyridine rings is 1. The Balaban J connectivity index is 2.22. The van der Waals surface area contributed by atoms with Crippen LogP contribution in [0.3, 0.4) is 0 Å². The summed E-state index contributed by atoms with van der Waals surface area (Å²) in [5.74, 6) is -0.303. The van der Waals surface area contributed by atoms with Crippen LogP contribution in [-0.4, -0.2) is 11.5 Å². The van der Waals surface area contributed by atoms with Crippen molar-refractivity contribution in [1.29, 1.82) is 0 Å². The minimum atomic E-state index is -0.468. The Bertz CT molecular complexity index is 1190. The topological polar surface area (TPSA) is 42.0 Å². The van der Waals surface area contributed by atoms with Crippen molar-refractivity contribution in [2.45, 2.75) is 13.3 Å². The molecular weight excluding hydrogens is 342 g/mol. The highest BCUT2D eigenvalue weighted by molar-refractivity contribution is 7.25. The van der Waals surface area contributed by atoms with Crippen molar-refractivity contribution in [2.24, 2.45) is 0 Å². The van der Waals surface area contributed by atoms with E-state index in [2.05, 4.69) is 10.3 Å². The first-order chi connectivity index (χ1) is 12.1. The van der Waals surface area contributed by atoms with Gasteiger partial charge in [0.1, 0.15) is 17.5 Å². The number of halogens is 2. The summed E-state index contributed by atoms with van der Waals surface area (Å²) in [6.07, 6.45) is 0.901. The van der Waals surface area contributed by atoms with Crippen molar-refractivity contribution in [3.8, 4) is 0 Å². The number of benzene rings is 2. The molecule has 4 aromatic rings. The summed E-state index contributed by atoms with van der Waals surface area (Å²) in [5, 5.41) is 4.37. The molecule has 0 atom stereocenters. The van der Waals surface area contributed by atoms with Crippen LogP contribution in [0, 0.1) is 11.6 Å². The quantitative estimate of drug-likeness (QED) is 0.412. The lowest BCUT2D eigenvalue weighted by molar-refractivity contribution is 0.629. The first kappa shape index (κ1) is 15.9. The van der Waals surface area contributed by atoms with Crippen LogP contribution >= 0.6 is 11.3 Å². The van der Waals surface area contributed by atoms with Gasteiger partial charge in [0.2, 0.25) is 0 Å². The SMILES string of the molecule is CCCNc1nc2ccc(F)cc2c2c(=O)c3cc(F)ccc3sc12. The van der Waals surface area contributed by atoms with Crippen LogP contribution in [0.2, 0.25) is 0 Å². The van der Waals surface area contributed by atoms with Gasteiger partial charge in [-0.2, -0.15) is 0 Å². The Labute approximate surface area is 145 Å². The van der Waals surface area contributed by atoms with Crippen molar-refractivity contribution in [3.63, 3.8) is 0 Å². The van der Waals surface area contributed by atoms with Crippen LogP contribution in [0.5, 0.6) is 0 Å². The van der Waals surface area contributed by atoms with Gasteiger partial charge in [0.05, 0.1) is 15.6 Å². The summed E-state index contributed by atoms with van der Waals surface area (Å²) >= 11 is 1.36. The van der Waals surface area contributed by atoms with Gasteiger partial charge in [-0.05, 0) is 42.8 Å². The molecule has 126 valence electrons. The van der Waals surface area contributed by atoms with Crippen molar-refractivity contribution >= 4 is 48.2 Å². The first-order valence-electron chi connectivity index (χ1n) is 7.97. The monoisotopic (exact) mass is 356 g/mol. The molecule has 0 radical (unpaired) electrons. The normalized spacial score (nSPS) is 11.5. The number of nitrogens with zero attached hydrogens (tertiary/aromatic N) is 1. The van der Waals surface area contributed by atoms with Crippen LogP contribution in [0.1, 0.15) is 13.3 Å². The Hall–Kier alpha value is -2.60. The van der Waals surface area contributed by atoms with E-state index < -0.39 is 11.6 Å². The predicted molar refractivity (Wildman–Crippen MR) is 99.6 cm³/mol. The van der Waals surface area contributed by atoms with E-state index in [9.17, 15) is 13.6 Å². The molecule has 0 spiro atoms. The number of hydrogen-bond acceptors (Lipinski definition) is 4. The van der Waals surface area contributed by atoms with E-state index in [1.54, 1.807) is 12.1 Å². The van der Waals surface area contributed by atoms with Crippen molar-refractivity contribution in [1.82, 2.24) is 4.98 Å². The Morgan fingerprint density at radius 3 is 2.56 bits per heavy atom. The minimum Gasteiger partial charge on any atom is -0.369 e. The van der Waals surface area contributed by atoms with Crippen molar-refractivity contribution in [3.05, 3.63) is 58.3 Å². The third-order valence-corrected chi connectivity index (χ3v) is 5.25. The highest BCUT2D eigenvalue weighted by atomic mass is 32.1. The molecule has 0 aliphatic carbocycles. The average molecular weight is 356 g/mol. The Kier molecular flexibility index (Phi) is 3.84. The molecule has 0 aliphatic rings. The van der Waals surface area contributed by atoms with E-state index in [-0.39, 0.29) is 5.43 Å². The second-order valence-corrected chi connectivity index (χ2v) is 6.88. The van der Waals surface area contributed by atoms with Crippen LogP contribution in [0.15, 0.2) is 41.2 Å². The maximum Gasteiger partial charge on any atom is 0.196 e. The van der Waals surface area contributed by atoms with Crippen LogP contribution in [-0.2, 0) is 0 Å². The van der Waals surface area contributed by atoms with E-state index in [1.807, 2.05) is 6.92 Å². The second-order valence-electron chi connectivity index (χ2n) is 5.82. The van der Waals surface area contributed by atoms with Gasteiger partial charge in [0.25, 0.3) is 0 Å². The molecule has 2 aromatic heterocycles. The fourth-order valence-corrected chi connectivity index (χ4v) is 4.06. The number of aromatic nitrogens is 1. The largest absolute Gasteiger partial charge is 0.369 e. The van der Waals surface area contributed by atoms with E-state index in [4.69, 9.17) is 0 Å². The zero-order valence-electron chi connectivity index (χ0n) is 13.4. The zero-order chi connectivity index (χ0) is 17.6. The fraction of sp³-hybridized carbons (Fsp3) is 0.158. The summed E-state index contributed by atoms with van der Waals surface area (Å²) in [6, 6.07) is 8.35. The molecule has 4 rings (SSSR count). The molecule has 0 fully saturated rings. The van der Waals surface area contributed by atoms with Gasteiger partial charge in [0.15, 0.2) is 5.43 Å². The summed E-state index contributed by atoms with van der Waals surface area (Å²) < 4.78 is 28.7. The molecule has 0 aliphatic heterocycles. The number of nitrogens with one attached hydrogen (secondary N) is 1. The van der Waals surface area contributed by atoms with Crippen molar-refractivity contribution in [2.75, 3.05) is 11.9 Å². The number of fused-ring (bicyclic) bond motifs is 4. The second kappa shape index (κ2) is 6.04. The Morgan fingerprint density at radius 2 is 1.80 bits per heavy atom. The molecule has 0 saturated carbocycles. The van der Waals surface area contributed by atoms with Gasteiger partial charge in [0, 0.05) is 22.0 Å². The Morgan fingerprint density at radius 1 is 1.08 bits per heavy atom. The van der Waals surface area contributed by atoms with Gasteiger partial charge >= 0.3 is 0 Å². The molecule has 3 nitrogen and oxygen atoms in total. The number of anilines is 1. The molecule has 0 bridgehead atoms. The molecule has 2 heterocycles. The lowest BCUT2D eigenvalue weighted by Gasteiger charge is -2.11. The van der Waals surface area contributed by atoms with Gasteiger partial charge in [-0.25, -0.2) is 13.8 Å². The third-order valence-electron chi connectivity index (χ3n) is 4.07. The maximum atomic E-state index is 13.8. The number of hydrogen-bond donors (Lipinski definition) is 1. The first-order valence-corrected chi connectivity index (χ1v) is 8.79. The van der Waals surface area contributed by atoms with Gasteiger partial charge < -0.3 is 5.32 Å². The van der Waals surface area contributed by atoms with Crippen molar-refractivity contribution < 1.29 is 8.78 Å².